The predicted octanol–water partition coefficient (Wildman–Crippen LogP) is 5.88. The van der Waals surface area contributed by atoms with E-state index in [4.69, 9.17) is 0 Å². The number of piperazine rings is 1. The molecule has 2 heterocycles. The first kappa shape index (κ1) is 23.1. The number of para-hydroxylation sites is 2. The summed E-state index contributed by atoms with van der Waals surface area (Å²) in [5.74, 6) is -0.811. The molecule has 1 amide bonds. The van der Waals surface area contributed by atoms with Crippen molar-refractivity contribution in [3.63, 3.8) is 0 Å². The number of aryl methyl sites for hydroxylation is 1. The summed E-state index contributed by atoms with van der Waals surface area (Å²) in [7, 11) is 0. The van der Waals surface area contributed by atoms with Gasteiger partial charge in [0.15, 0.2) is 0 Å². The van der Waals surface area contributed by atoms with Gasteiger partial charge >= 0.3 is 0 Å². The molecule has 0 radical (unpaired) electrons. The molecule has 1 aliphatic heterocycles. The topological polar surface area (TPSA) is 39.3 Å². The highest BCUT2D eigenvalue weighted by atomic mass is 19.1. The van der Waals surface area contributed by atoms with Gasteiger partial charge < -0.3 is 14.8 Å². The molecule has 4 aromatic rings. The third-order valence-corrected chi connectivity index (χ3v) is 7.05. The van der Waals surface area contributed by atoms with E-state index >= 15 is 0 Å². The Balaban J connectivity index is 1.39. The molecule has 3 aromatic carbocycles. The van der Waals surface area contributed by atoms with E-state index in [9.17, 15) is 13.6 Å². The van der Waals surface area contributed by atoms with Gasteiger partial charge in [-0.2, -0.15) is 0 Å². The van der Waals surface area contributed by atoms with Crippen molar-refractivity contribution in [3.8, 4) is 0 Å². The number of benzene rings is 3. The number of nitrogens with zero attached hydrogens (tertiary/aromatic N) is 2. The summed E-state index contributed by atoms with van der Waals surface area (Å²) in [5.41, 5.74) is 4.63. The number of hydrogen-bond acceptors (Lipinski definition) is 2. The van der Waals surface area contributed by atoms with Gasteiger partial charge in [0.05, 0.1) is 5.69 Å². The van der Waals surface area contributed by atoms with Crippen LogP contribution in [0.5, 0.6) is 0 Å². The van der Waals surface area contributed by atoms with Crippen LogP contribution in [0.2, 0.25) is 0 Å². The van der Waals surface area contributed by atoms with Crippen molar-refractivity contribution in [2.75, 3.05) is 31.1 Å². The maximum atomic E-state index is 14.2. The fourth-order valence-electron chi connectivity index (χ4n) is 5.16. The number of hydrogen-bond donors (Lipinski definition) is 1. The van der Waals surface area contributed by atoms with Crippen LogP contribution in [0.3, 0.4) is 0 Å². The van der Waals surface area contributed by atoms with Crippen molar-refractivity contribution < 1.29 is 13.6 Å². The van der Waals surface area contributed by atoms with E-state index in [0.29, 0.717) is 31.9 Å². The molecule has 1 saturated heterocycles. The molecular weight excluding hydrogens is 444 g/mol. The first-order valence-electron chi connectivity index (χ1n) is 12.2. The van der Waals surface area contributed by atoms with Crippen LogP contribution in [0, 0.1) is 11.6 Å². The molecule has 1 atom stereocenters. The quantitative estimate of drug-likeness (QED) is 0.380. The van der Waals surface area contributed by atoms with E-state index in [1.54, 1.807) is 18.2 Å². The van der Waals surface area contributed by atoms with Gasteiger partial charge in [0.25, 0.3) is 0 Å². The SMILES string of the molecule is CCc1cccc2c([C@@H](CC(=O)N3CCN(c4ccccc4F)CC3)c3cccc(F)c3)c[nH]c12. The lowest BCUT2D eigenvalue weighted by molar-refractivity contribution is -0.131. The molecular formula is C29H29F2N3O. The van der Waals surface area contributed by atoms with Crippen LogP contribution in [-0.4, -0.2) is 42.0 Å². The van der Waals surface area contributed by atoms with Crippen molar-refractivity contribution in [1.29, 1.82) is 0 Å². The first-order chi connectivity index (χ1) is 17.0. The third kappa shape index (κ3) is 4.65. The molecule has 0 bridgehead atoms. The molecule has 1 aliphatic rings. The number of aromatic amines is 1. The molecule has 6 heteroatoms. The fraction of sp³-hybridized carbons (Fsp3) is 0.276. The molecule has 1 fully saturated rings. The van der Waals surface area contributed by atoms with Crippen LogP contribution < -0.4 is 4.90 Å². The van der Waals surface area contributed by atoms with Crippen LogP contribution in [0.4, 0.5) is 14.5 Å². The summed E-state index contributed by atoms with van der Waals surface area (Å²) in [5, 5.41) is 1.07. The molecule has 180 valence electrons. The highest BCUT2D eigenvalue weighted by molar-refractivity contribution is 5.88. The lowest BCUT2D eigenvalue weighted by Crippen LogP contribution is -2.49. The maximum Gasteiger partial charge on any atom is 0.223 e. The Hall–Kier alpha value is -3.67. The molecule has 1 aromatic heterocycles. The minimum Gasteiger partial charge on any atom is -0.366 e. The van der Waals surface area contributed by atoms with Gasteiger partial charge in [-0.1, -0.05) is 49.4 Å². The van der Waals surface area contributed by atoms with Crippen LogP contribution in [0.15, 0.2) is 72.9 Å². The largest absolute Gasteiger partial charge is 0.366 e. The number of carbonyl (C=O) groups excluding carboxylic acids is 1. The molecule has 1 N–H and O–H groups in total. The van der Waals surface area contributed by atoms with E-state index in [0.717, 1.165) is 28.5 Å². The Kier molecular flexibility index (Phi) is 6.53. The van der Waals surface area contributed by atoms with Crippen molar-refractivity contribution in [2.45, 2.75) is 25.7 Å². The predicted molar refractivity (Wildman–Crippen MR) is 136 cm³/mol. The number of aromatic nitrogens is 1. The second kappa shape index (κ2) is 9.90. The summed E-state index contributed by atoms with van der Waals surface area (Å²) in [6, 6.07) is 19.5. The number of nitrogens with one attached hydrogen (secondary N) is 1. The van der Waals surface area contributed by atoms with Crippen molar-refractivity contribution in [2.24, 2.45) is 0 Å². The van der Waals surface area contributed by atoms with E-state index in [1.165, 1.54) is 23.8 Å². The van der Waals surface area contributed by atoms with Gasteiger partial charge in [0.2, 0.25) is 5.91 Å². The van der Waals surface area contributed by atoms with E-state index in [2.05, 4.69) is 24.0 Å². The molecule has 0 spiro atoms. The Labute approximate surface area is 204 Å². The maximum absolute atomic E-state index is 14.2. The summed E-state index contributed by atoms with van der Waals surface area (Å²) in [4.78, 5) is 20.7. The zero-order chi connectivity index (χ0) is 24.4. The zero-order valence-electron chi connectivity index (χ0n) is 19.8. The highest BCUT2D eigenvalue weighted by Gasteiger charge is 2.27. The number of anilines is 1. The molecule has 4 nitrogen and oxygen atoms in total. The molecule has 0 unspecified atom stereocenters. The van der Waals surface area contributed by atoms with Crippen molar-refractivity contribution >= 4 is 22.5 Å². The summed E-state index contributed by atoms with van der Waals surface area (Å²) >= 11 is 0. The average Bonchev–Trinajstić information content (AvgIpc) is 3.31. The molecule has 5 rings (SSSR count). The number of carbonyl (C=O) groups is 1. The second-order valence-corrected chi connectivity index (χ2v) is 9.07. The standard InChI is InChI=1S/C29H29F2N3O/c1-2-20-7-6-10-23-25(19-32-29(20)23)24(21-8-5-9-22(30)17-21)18-28(35)34-15-13-33(14-16-34)27-12-4-3-11-26(27)31/h3-12,17,19,24,32H,2,13-16,18H2,1H3/t24-/m0/s1. The van der Waals surface area contributed by atoms with Crippen molar-refractivity contribution in [3.05, 3.63) is 101 Å². The number of amides is 1. The Bertz CT molecular complexity index is 1340. The van der Waals surface area contributed by atoms with Crippen LogP contribution in [0.25, 0.3) is 10.9 Å². The third-order valence-electron chi connectivity index (χ3n) is 7.05. The van der Waals surface area contributed by atoms with Gasteiger partial charge in [-0.05, 0) is 47.4 Å². The first-order valence-corrected chi connectivity index (χ1v) is 12.2. The van der Waals surface area contributed by atoms with E-state index in [1.807, 2.05) is 34.2 Å². The molecule has 0 saturated carbocycles. The molecule has 0 aliphatic carbocycles. The number of halogens is 2. The van der Waals surface area contributed by atoms with Gasteiger partial charge in [-0.3, -0.25) is 4.79 Å². The van der Waals surface area contributed by atoms with Gasteiger partial charge in [-0.25, -0.2) is 8.78 Å². The van der Waals surface area contributed by atoms with Crippen LogP contribution in [-0.2, 0) is 11.2 Å². The monoisotopic (exact) mass is 473 g/mol. The van der Waals surface area contributed by atoms with E-state index in [-0.39, 0.29) is 29.9 Å². The fourth-order valence-corrected chi connectivity index (χ4v) is 5.16. The Morgan fingerprint density at radius 3 is 2.49 bits per heavy atom. The lowest BCUT2D eigenvalue weighted by Gasteiger charge is -2.36. The van der Waals surface area contributed by atoms with Gasteiger partial charge in [0, 0.05) is 55.6 Å². The number of fused-ring (bicyclic) bond motifs is 1. The normalized spacial score (nSPS) is 14.9. The van der Waals surface area contributed by atoms with Crippen LogP contribution >= 0.6 is 0 Å². The summed E-state index contributed by atoms with van der Waals surface area (Å²) in [6.45, 7) is 4.31. The molecule has 35 heavy (non-hydrogen) atoms. The van der Waals surface area contributed by atoms with Crippen molar-refractivity contribution in [1.82, 2.24) is 9.88 Å². The van der Waals surface area contributed by atoms with E-state index < -0.39 is 0 Å². The van der Waals surface area contributed by atoms with Gasteiger partial charge in [0.1, 0.15) is 11.6 Å². The average molecular weight is 474 g/mol. The highest BCUT2D eigenvalue weighted by Crippen LogP contribution is 2.35. The summed E-state index contributed by atoms with van der Waals surface area (Å²) in [6.07, 6.45) is 3.10. The lowest BCUT2D eigenvalue weighted by atomic mass is 9.87. The number of rotatable bonds is 6. The Morgan fingerprint density at radius 1 is 0.971 bits per heavy atom. The smallest absolute Gasteiger partial charge is 0.223 e. The minimum absolute atomic E-state index is 0.0217. The zero-order valence-corrected chi connectivity index (χ0v) is 19.8. The van der Waals surface area contributed by atoms with Crippen LogP contribution in [0.1, 0.15) is 36.0 Å². The number of H-pyrrole nitrogens is 1. The minimum atomic E-state index is -0.312. The second-order valence-electron chi connectivity index (χ2n) is 9.07. The summed E-state index contributed by atoms with van der Waals surface area (Å²) < 4.78 is 28.4. The van der Waals surface area contributed by atoms with Gasteiger partial charge in [-0.15, -0.1) is 0 Å². The Morgan fingerprint density at radius 2 is 1.74 bits per heavy atom.